The van der Waals surface area contributed by atoms with Crippen molar-refractivity contribution in [1.29, 1.82) is 0 Å². The van der Waals surface area contributed by atoms with Crippen molar-refractivity contribution in [1.82, 2.24) is 0 Å². The van der Waals surface area contributed by atoms with Crippen LogP contribution in [0, 0.1) is 29.6 Å². The van der Waals surface area contributed by atoms with Gasteiger partial charge in [0.2, 0.25) is 0 Å². The summed E-state index contributed by atoms with van der Waals surface area (Å²) in [6, 6.07) is 0. The van der Waals surface area contributed by atoms with Crippen molar-refractivity contribution >= 4 is 16.1 Å². The predicted octanol–water partition coefficient (Wildman–Crippen LogP) is 1.49. The molecule has 0 amide bonds. The first-order chi connectivity index (χ1) is 8.90. The highest BCUT2D eigenvalue weighted by atomic mass is 32.2. The Morgan fingerprint density at radius 2 is 1.58 bits per heavy atom. The van der Waals surface area contributed by atoms with E-state index < -0.39 is 21.8 Å². The van der Waals surface area contributed by atoms with Gasteiger partial charge < -0.3 is 4.74 Å². The Morgan fingerprint density at radius 3 is 2.05 bits per heavy atom. The summed E-state index contributed by atoms with van der Waals surface area (Å²) < 4.78 is 34.8. The monoisotopic (exact) mass is 288 g/mol. The van der Waals surface area contributed by atoms with Crippen molar-refractivity contribution in [3.8, 4) is 0 Å². The molecule has 4 bridgehead atoms. The van der Waals surface area contributed by atoms with E-state index in [0.717, 1.165) is 11.8 Å². The zero-order chi connectivity index (χ0) is 13.6. The van der Waals surface area contributed by atoms with Crippen LogP contribution in [0.25, 0.3) is 0 Å². The fourth-order valence-corrected chi connectivity index (χ4v) is 5.07. The molecule has 0 saturated heterocycles. The Bertz CT molecular complexity index is 441. The Kier molecular flexibility index (Phi) is 3.33. The molecular formula is C13H20O5S. The summed E-state index contributed by atoms with van der Waals surface area (Å²) in [7, 11) is -4.27. The van der Waals surface area contributed by atoms with Crippen LogP contribution in [-0.4, -0.2) is 31.3 Å². The molecule has 19 heavy (non-hydrogen) atoms. The molecule has 0 heterocycles. The molecule has 4 fully saturated rings. The molecule has 0 aromatic rings. The van der Waals surface area contributed by atoms with E-state index in [1.807, 2.05) is 0 Å². The molecule has 1 N–H and O–H groups in total. The minimum absolute atomic E-state index is 0.323. The van der Waals surface area contributed by atoms with E-state index >= 15 is 0 Å². The molecule has 0 radical (unpaired) electrons. The van der Waals surface area contributed by atoms with Crippen LogP contribution in [-0.2, 0) is 19.6 Å². The molecule has 5 nitrogen and oxygen atoms in total. The van der Waals surface area contributed by atoms with Crippen LogP contribution in [0.1, 0.15) is 32.1 Å². The number of hydrogen-bond acceptors (Lipinski definition) is 4. The van der Waals surface area contributed by atoms with E-state index in [0.29, 0.717) is 24.4 Å². The van der Waals surface area contributed by atoms with Gasteiger partial charge in [0.25, 0.3) is 10.1 Å². The van der Waals surface area contributed by atoms with E-state index in [2.05, 4.69) is 0 Å². The summed E-state index contributed by atoms with van der Waals surface area (Å²) in [5, 5.41) is 0. The maximum Gasteiger partial charge on any atom is 0.323 e. The average molecular weight is 288 g/mol. The number of carbonyl (C=O) groups excluding carboxylic acids is 1. The average Bonchev–Trinajstić information content (AvgIpc) is 2.24. The molecule has 4 rings (SSSR count). The molecule has 0 atom stereocenters. The third-order valence-corrected chi connectivity index (χ3v) is 5.76. The fourth-order valence-electron chi connectivity index (χ4n) is 4.69. The van der Waals surface area contributed by atoms with Crippen molar-refractivity contribution in [2.24, 2.45) is 29.6 Å². The molecule has 4 aliphatic carbocycles. The molecule has 6 heteroatoms. The van der Waals surface area contributed by atoms with Crippen LogP contribution in [0.15, 0.2) is 0 Å². The van der Waals surface area contributed by atoms with Crippen molar-refractivity contribution < 1.29 is 22.5 Å². The highest BCUT2D eigenvalue weighted by Crippen LogP contribution is 2.56. The van der Waals surface area contributed by atoms with Crippen LogP contribution in [0.5, 0.6) is 0 Å². The maximum atomic E-state index is 11.3. The zero-order valence-electron chi connectivity index (χ0n) is 10.8. The smallest absolute Gasteiger partial charge is 0.323 e. The fraction of sp³-hybridized carbons (Fsp3) is 0.923. The molecule has 0 spiro atoms. The van der Waals surface area contributed by atoms with Gasteiger partial charge in [0.15, 0.2) is 5.75 Å². The number of carbonyl (C=O) groups is 1. The van der Waals surface area contributed by atoms with E-state index in [1.54, 1.807) is 0 Å². The summed E-state index contributed by atoms with van der Waals surface area (Å²) >= 11 is 0. The lowest BCUT2D eigenvalue weighted by Crippen LogP contribution is -2.47. The van der Waals surface area contributed by atoms with E-state index in [4.69, 9.17) is 9.29 Å². The van der Waals surface area contributed by atoms with Gasteiger partial charge in [-0.25, -0.2) is 0 Å². The summed E-state index contributed by atoms with van der Waals surface area (Å²) in [6.45, 7) is 0.323. The van der Waals surface area contributed by atoms with Gasteiger partial charge in [-0.3, -0.25) is 9.35 Å². The third kappa shape index (κ3) is 2.94. The first-order valence-electron chi connectivity index (χ1n) is 7.01. The first kappa shape index (κ1) is 13.4. The van der Waals surface area contributed by atoms with Gasteiger partial charge in [0, 0.05) is 0 Å². The quantitative estimate of drug-likeness (QED) is 0.626. The SMILES string of the molecule is O=C(CS(=O)(=O)O)OCC1C2CC3CC(C2)CC1C3. The summed E-state index contributed by atoms with van der Waals surface area (Å²) in [4.78, 5) is 11.3. The Balaban J connectivity index is 1.55. The summed E-state index contributed by atoms with van der Waals surface area (Å²) in [5.74, 6) is 1.67. The molecule has 4 saturated carbocycles. The Morgan fingerprint density at radius 1 is 1.05 bits per heavy atom. The van der Waals surface area contributed by atoms with Crippen LogP contribution < -0.4 is 0 Å². The van der Waals surface area contributed by atoms with Crippen LogP contribution in [0.4, 0.5) is 0 Å². The van der Waals surface area contributed by atoms with E-state index in [9.17, 15) is 13.2 Å². The topological polar surface area (TPSA) is 80.7 Å². The second kappa shape index (κ2) is 4.74. The number of esters is 1. The van der Waals surface area contributed by atoms with E-state index in [1.165, 1.54) is 32.1 Å². The van der Waals surface area contributed by atoms with Gasteiger partial charge in [-0.15, -0.1) is 0 Å². The third-order valence-electron chi connectivity index (χ3n) is 5.16. The zero-order valence-corrected chi connectivity index (χ0v) is 11.6. The largest absolute Gasteiger partial charge is 0.465 e. The lowest BCUT2D eigenvalue weighted by atomic mass is 9.52. The molecule has 108 valence electrons. The summed E-state index contributed by atoms with van der Waals surface area (Å²) in [5.41, 5.74) is 0. The van der Waals surface area contributed by atoms with Crippen LogP contribution in [0.2, 0.25) is 0 Å². The first-order valence-corrected chi connectivity index (χ1v) is 8.62. The number of hydrogen-bond donors (Lipinski definition) is 1. The standard InChI is InChI=1S/C13H20O5S/c14-13(7-19(15,16)17)18-6-12-10-2-8-1-9(4-10)5-11(12)3-8/h8-12H,1-7H2,(H,15,16,17). The number of rotatable bonds is 4. The minimum Gasteiger partial charge on any atom is -0.465 e. The Labute approximate surface area is 113 Å². The molecule has 4 aliphatic rings. The van der Waals surface area contributed by atoms with E-state index in [-0.39, 0.29) is 0 Å². The predicted molar refractivity (Wildman–Crippen MR) is 67.9 cm³/mol. The minimum atomic E-state index is -4.27. The van der Waals surface area contributed by atoms with Gasteiger partial charge in [0.05, 0.1) is 6.61 Å². The van der Waals surface area contributed by atoms with Crippen molar-refractivity contribution in [2.45, 2.75) is 32.1 Å². The van der Waals surface area contributed by atoms with Gasteiger partial charge in [-0.1, -0.05) is 0 Å². The highest BCUT2D eigenvalue weighted by molar-refractivity contribution is 7.86. The van der Waals surface area contributed by atoms with Gasteiger partial charge in [0.1, 0.15) is 0 Å². The van der Waals surface area contributed by atoms with Crippen molar-refractivity contribution in [3.05, 3.63) is 0 Å². The maximum absolute atomic E-state index is 11.3. The van der Waals surface area contributed by atoms with Gasteiger partial charge in [-0.2, -0.15) is 8.42 Å². The summed E-state index contributed by atoms with van der Waals surface area (Å²) in [6.07, 6.45) is 6.35. The van der Waals surface area contributed by atoms with Gasteiger partial charge in [-0.05, 0) is 61.7 Å². The lowest BCUT2D eigenvalue weighted by molar-refractivity contribution is -0.147. The molecule has 0 aromatic carbocycles. The van der Waals surface area contributed by atoms with Crippen molar-refractivity contribution in [2.75, 3.05) is 12.4 Å². The Hall–Kier alpha value is -0.620. The highest BCUT2D eigenvalue weighted by Gasteiger charge is 2.48. The van der Waals surface area contributed by atoms with Gasteiger partial charge >= 0.3 is 5.97 Å². The lowest BCUT2D eigenvalue weighted by Gasteiger charge is -2.54. The second-order valence-electron chi connectivity index (χ2n) is 6.50. The molecule has 0 unspecified atom stereocenters. The second-order valence-corrected chi connectivity index (χ2v) is 7.96. The molecule has 0 aromatic heterocycles. The normalized spacial score (nSPS) is 40.4. The van der Waals surface area contributed by atoms with Crippen LogP contribution >= 0.6 is 0 Å². The van der Waals surface area contributed by atoms with Crippen molar-refractivity contribution in [3.63, 3.8) is 0 Å². The van der Waals surface area contributed by atoms with Crippen LogP contribution in [0.3, 0.4) is 0 Å². The number of ether oxygens (including phenoxy) is 1. The molecule has 0 aliphatic heterocycles. The molecular weight excluding hydrogens is 268 g/mol.